The van der Waals surface area contributed by atoms with Gasteiger partial charge in [-0.25, -0.2) is 14.4 Å². The molecule has 0 saturated carbocycles. The van der Waals surface area contributed by atoms with Crippen LogP contribution in [0.1, 0.15) is 10.4 Å². The lowest BCUT2D eigenvalue weighted by Gasteiger charge is -2.19. The highest BCUT2D eigenvalue weighted by Crippen LogP contribution is 2.14. The Labute approximate surface area is 119 Å². The summed E-state index contributed by atoms with van der Waals surface area (Å²) in [6, 6.07) is 5.69. The van der Waals surface area contributed by atoms with Gasteiger partial charge in [-0.1, -0.05) is 0 Å². The van der Waals surface area contributed by atoms with E-state index in [1.165, 1.54) is 31.4 Å². The summed E-state index contributed by atoms with van der Waals surface area (Å²) in [5.74, 6) is -3.64. The molecule has 8 nitrogen and oxygen atoms in total. The fraction of sp³-hybridized carbons (Fsp3) is 0.308. The van der Waals surface area contributed by atoms with Gasteiger partial charge in [0.15, 0.2) is 0 Å². The Kier molecular flexibility index (Phi) is 5.67. The molecule has 0 fully saturated rings. The number of carboxylic acid groups (broad SMARTS) is 2. The van der Waals surface area contributed by atoms with E-state index in [1.54, 1.807) is 0 Å². The molecule has 1 aromatic rings. The van der Waals surface area contributed by atoms with Crippen LogP contribution in [0, 0.1) is 0 Å². The monoisotopic (exact) mass is 298 g/mol. The predicted molar refractivity (Wildman–Crippen MR) is 68.3 cm³/mol. The topological polar surface area (TPSA) is 119 Å². The Morgan fingerprint density at radius 2 is 1.48 bits per heavy atom. The van der Waals surface area contributed by atoms with Crippen LogP contribution in [0.4, 0.5) is 0 Å². The highest BCUT2D eigenvalue weighted by atomic mass is 16.6. The molecule has 1 aromatic carbocycles. The van der Waals surface area contributed by atoms with Crippen LogP contribution in [0.5, 0.6) is 5.75 Å². The molecule has 0 amide bonds. The molecule has 114 valence electrons. The molecular weight excluding hydrogens is 284 g/mol. The third-order valence-electron chi connectivity index (χ3n) is 2.58. The highest BCUT2D eigenvalue weighted by molar-refractivity contribution is 5.93. The minimum atomic E-state index is -1.96. The van der Waals surface area contributed by atoms with Gasteiger partial charge in [-0.2, -0.15) is 0 Å². The predicted octanol–water partition coefficient (Wildman–Crippen LogP) is 0.405. The van der Waals surface area contributed by atoms with Gasteiger partial charge in [0.05, 0.1) is 12.7 Å². The van der Waals surface area contributed by atoms with Gasteiger partial charge in [0.25, 0.3) is 0 Å². The van der Waals surface area contributed by atoms with E-state index in [0.717, 1.165) is 7.11 Å². The molecule has 0 heterocycles. The molecule has 0 aliphatic rings. The van der Waals surface area contributed by atoms with Gasteiger partial charge in [0, 0.05) is 7.11 Å². The molecule has 2 N–H and O–H groups in total. The summed E-state index contributed by atoms with van der Waals surface area (Å²) in [5.41, 5.74) is 0.0577. The maximum absolute atomic E-state index is 11.8. The van der Waals surface area contributed by atoms with Gasteiger partial charge in [-0.15, -0.1) is 0 Å². The number of hydrogen-bond donors (Lipinski definition) is 2. The molecule has 2 unspecified atom stereocenters. The first-order valence-electron chi connectivity index (χ1n) is 5.74. The fourth-order valence-electron chi connectivity index (χ4n) is 1.51. The van der Waals surface area contributed by atoms with Crippen LogP contribution in [-0.2, 0) is 19.1 Å². The molecular formula is C13H14O8. The van der Waals surface area contributed by atoms with E-state index in [1.807, 2.05) is 0 Å². The summed E-state index contributed by atoms with van der Waals surface area (Å²) in [6.45, 7) is 0. The third-order valence-corrected chi connectivity index (χ3v) is 2.58. The molecule has 0 bridgehead atoms. The average molecular weight is 298 g/mol. The van der Waals surface area contributed by atoms with E-state index in [2.05, 4.69) is 4.74 Å². The summed E-state index contributed by atoms with van der Waals surface area (Å²) in [6.07, 6.45) is -3.76. The summed E-state index contributed by atoms with van der Waals surface area (Å²) >= 11 is 0. The van der Waals surface area contributed by atoms with Gasteiger partial charge in [0.2, 0.25) is 12.2 Å². The van der Waals surface area contributed by atoms with E-state index in [4.69, 9.17) is 19.7 Å². The van der Waals surface area contributed by atoms with Crippen molar-refractivity contribution in [2.24, 2.45) is 0 Å². The van der Waals surface area contributed by atoms with Crippen LogP contribution < -0.4 is 4.74 Å². The number of hydrogen-bond acceptors (Lipinski definition) is 6. The first-order valence-corrected chi connectivity index (χ1v) is 5.74. The first-order chi connectivity index (χ1) is 9.90. The third kappa shape index (κ3) is 4.18. The molecule has 0 saturated heterocycles. The van der Waals surface area contributed by atoms with Crippen LogP contribution in [0.15, 0.2) is 24.3 Å². The average Bonchev–Trinajstić information content (AvgIpc) is 2.46. The zero-order valence-corrected chi connectivity index (χ0v) is 11.3. The number of carboxylic acids is 2. The summed E-state index contributed by atoms with van der Waals surface area (Å²) in [4.78, 5) is 33.7. The SMILES string of the molecule is COc1ccc(C(=O)OC(C(=O)O)C(OC)C(=O)O)cc1. The van der Waals surface area contributed by atoms with Crippen LogP contribution in [0.3, 0.4) is 0 Å². The number of carbonyl (C=O) groups excluding carboxylic acids is 1. The minimum absolute atomic E-state index is 0.0577. The van der Waals surface area contributed by atoms with E-state index < -0.39 is 30.1 Å². The summed E-state index contributed by atoms with van der Waals surface area (Å²) < 4.78 is 14.1. The zero-order chi connectivity index (χ0) is 16.0. The molecule has 1 rings (SSSR count). The van der Waals surface area contributed by atoms with Crippen molar-refractivity contribution in [3.8, 4) is 5.75 Å². The van der Waals surface area contributed by atoms with Gasteiger partial charge in [-0.3, -0.25) is 0 Å². The van der Waals surface area contributed by atoms with E-state index in [0.29, 0.717) is 5.75 Å². The number of aliphatic carboxylic acids is 2. The van der Waals surface area contributed by atoms with Crippen molar-refractivity contribution in [3.05, 3.63) is 29.8 Å². The van der Waals surface area contributed by atoms with Crippen molar-refractivity contribution in [2.75, 3.05) is 14.2 Å². The molecule has 8 heteroatoms. The second-order valence-electron chi connectivity index (χ2n) is 3.89. The molecule has 0 aliphatic carbocycles. The number of ether oxygens (including phenoxy) is 3. The Hall–Kier alpha value is -2.61. The molecule has 2 atom stereocenters. The molecule has 0 radical (unpaired) electrons. The van der Waals surface area contributed by atoms with Crippen LogP contribution >= 0.6 is 0 Å². The Morgan fingerprint density at radius 1 is 0.952 bits per heavy atom. The highest BCUT2D eigenvalue weighted by Gasteiger charge is 2.37. The van der Waals surface area contributed by atoms with E-state index >= 15 is 0 Å². The standard InChI is InChI=1S/C13H14O8/c1-19-8-5-3-7(4-6-8)13(18)21-10(12(16)17)9(20-2)11(14)15/h3-6,9-10H,1-2H3,(H,14,15)(H,16,17). The first kappa shape index (κ1) is 16.4. The van der Waals surface area contributed by atoms with Crippen molar-refractivity contribution in [1.29, 1.82) is 0 Å². The second-order valence-corrected chi connectivity index (χ2v) is 3.89. The van der Waals surface area contributed by atoms with Gasteiger partial charge in [0.1, 0.15) is 5.75 Å². The van der Waals surface area contributed by atoms with Gasteiger partial charge in [-0.05, 0) is 24.3 Å². The number of rotatable bonds is 7. The smallest absolute Gasteiger partial charge is 0.348 e. The van der Waals surface area contributed by atoms with Crippen molar-refractivity contribution in [3.63, 3.8) is 0 Å². The van der Waals surface area contributed by atoms with Crippen molar-refractivity contribution in [1.82, 2.24) is 0 Å². The number of benzene rings is 1. The lowest BCUT2D eigenvalue weighted by Crippen LogP contribution is -2.44. The Bertz CT molecular complexity index is 521. The Morgan fingerprint density at radius 3 is 1.86 bits per heavy atom. The maximum atomic E-state index is 11.8. The van der Waals surface area contributed by atoms with Gasteiger partial charge < -0.3 is 24.4 Å². The van der Waals surface area contributed by atoms with E-state index in [9.17, 15) is 14.4 Å². The lowest BCUT2D eigenvalue weighted by atomic mass is 10.2. The Balaban J connectivity index is 2.90. The molecule has 21 heavy (non-hydrogen) atoms. The fourth-order valence-corrected chi connectivity index (χ4v) is 1.51. The quantitative estimate of drug-likeness (QED) is 0.694. The molecule has 0 spiro atoms. The molecule has 0 aromatic heterocycles. The van der Waals surface area contributed by atoms with Crippen molar-refractivity contribution in [2.45, 2.75) is 12.2 Å². The van der Waals surface area contributed by atoms with Crippen LogP contribution in [0.2, 0.25) is 0 Å². The number of carbonyl (C=O) groups is 3. The van der Waals surface area contributed by atoms with Crippen LogP contribution in [-0.4, -0.2) is 54.5 Å². The van der Waals surface area contributed by atoms with Crippen LogP contribution in [0.25, 0.3) is 0 Å². The normalized spacial score (nSPS) is 13.0. The zero-order valence-electron chi connectivity index (χ0n) is 11.3. The minimum Gasteiger partial charge on any atom is -0.497 e. The summed E-state index contributed by atoms with van der Waals surface area (Å²) in [5, 5.41) is 17.8. The molecule has 0 aliphatic heterocycles. The van der Waals surface area contributed by atoms with Gasteiger partial charge >= 0.3 is 17.9 Å². The van der Waals surface area contributed by atoms with Crippen molar-refractivity contribution >= 4 is 17.9 Å². The lowest BCUT2D eigenvalue weighted by molar-refractivity contribution is -0.168. The van der Waals surface area contributed by atoms with Crippen molar-refractivity contribution < 1.29 is 38.8 Å². The maximum Gasteiger partial charge on any atom is 0.348 e. The summed E-state index contributed by atoms with van der Waals surface area (Å²) in [7, 11) is 2.46. The van der Waals surface area contributed by atoms with E-state index in [-0.39, 0.29) is 5.56 Å². The number of esters is 1. The number of methoxy groups -OCH3 is 2. The largest absolute Gasteiger partial charge is 0.497 e. The second kappa shape index (κ2) is 7.25.